The van der Waals surface area contributed by atoms with Crippen LogP contribution in [0, 0.1) is 5.41 Å². The molecule has 2 rings (SSSR count). The Balaban J connectivity index is 1.98. The molecule has 2 aliphatic rings. The third-order valence-corrected chi connectivity index (χ3v) is 2.75. The molecule has 0 radical (unpaired) electrons. The quantitative estimate of drug-likeness (QED) is 0.538. The molecule has 2 heterocycles. The minimum absolute atomic E-state index is 0.540. The van der Waals surface area contributed by atoms with Crippen molar-refractivity contribution in [2.45, 2.75) is 19.3 Å². The first-order valence-electron chi connectivity index (χ1n) is 4.20. The van der Waals surface area contributed by atoms with Crippen LogP contribution in [0.15, 0.2) is 0 Å². The summed E-state index contributed by atoms with van der Waals surface area (Å²) in [5.74, 6) is 0. The molecular weight excluding hydrogens is 126 g/mol. The van der Waals surface area contributed by atoms with E-state index in [-0.39, 0.29) is 0 Å². The van der Waals surface area contributed by atoms with Crippen molar-refractivity contribution in [2.75, 3.05) is 26.3 Å². The highest BCUT2D eigenvalue weighted by Crippen LogP contribution is 2.34. The molecule has 0 aliphatic carbocycles. The molecule has 0 saturated carbocycles. The fourth-order valence-electron chi connectivity index (χ4n) is 2.02. The van der Waals surface area contributed by atoms with Crippen molar-refractivity contribution in [1.29, 1.82) is 0 Å². The highest BCUT2D eigenvalue weighted by Gasteiger charge is 2.35. The van der Waals surface area contributed by atoms with Crippen molar-refractivity contribution < 1.29 is 4.74 Å². The Labute approximate surface area is 61.9 Å². The largest absolute Gasteiger partial charge is 0.381 e. The molecule has 1 spiro atoms. The second-order valence-corrected chi connectivity index (χ2v) is 3.58. The molecule has 0 aromatic heterocycles. The summed E-state index contributed by atoms with van der Waals surface area (Å²) in [6, 6.07) is 0. The summed E-state index contributed by atoms with van der Waals surface area (Å²) in [6.45, 7) is 4.39. The van der Waals surface area contributed by atoms with Crippen molar-refractivity contribution >= 4 is 0 Å². The number of hydrogen-bond donors (Lipinski definition) is 1. The van der Waals surface area contributed by atoms with Crippen LogP contribution in [-0.2, 0) is 4.74 Å². The summed E-state index contributed by atoms with van der Waals surface area (Å²) in [4.78, 5) is 0. The zero-order valence-electron chi connectivity index (χ0n) is 6.36. The predicted molar refractivity (Wildman–Crippen MR) is 40.0 cm³/mol. The van der Waals surface area contributed by atoms with Crippen molar-refractivity contribution in [3.8, 4) is 0 Å². The van der Waals surface area contributed by atoms with Crippen LogP contribution >= 0.6 is 0 Å². The van der Waals surface area contributed by atoms with Gasteiger partial charge in [-0.25, -0.2) is 0 Å². The van der Waals surface area contributed by atoms with Crippen LogP contribution in [0.1, 0.15) is 19.3 Å². The molecule has 2 saturated heterocycles. The lowest BCUT2D eigenvalue weighted by atomic mass is 9.80. The van der Waals surface area contributed by atoms with E-state index < -0.39 is 0 Å². The van der Waals surface area contributed by atoms with Gasteiger partial charge in [0.15, 0.2) is 0 Å². The number of ether oxygens (including phenoxy) is 1. The Bertz CT molecular complexity index is 110. The first-order valence-corrected chi connectivity index (χ1v) is 4.20. The fourth-order valence-corrected chi connectivity index (χ4v) is 2.02. The maximum Gasteiger partial charge on any atom is 0.0535 e. The molecule has 2 heteroatoms. The number of rotatable bonds is 0. The fraction of sp³-hybridized carbons (Fsp3) is 1.00. The summed E-state index contributed by atoms with van der Waals surface area (Å²) >= 11 is 0. The van der Waals surface area contributed by atoms with E-state index in [0.717, 1.165) is 13.2 Å². The zero-order chi connectivity index (χ0) is 6.86. The summed E-state index contributed by atoms with van der Waals surface area (Å²) in [5.41, 5.74) is 0.540. The molecule has 0 bridgehead atoms. The van der Waals surface area contributed by atoms with Gasteiger partial charge in [-0.15, -0.1) is 0 Å². The number of piperidine rings is 1. The van der Waals surface area contributed by atoms with E-state index in [1.165, 1.54) is 32.4 Å². The monoisotopic (exact) mass is 141 g/mol. The topological polar surface area (TPSA) is 21.3 Å². The smallest absolute Gasteiger partial charge is 0.0535 e. The molecule has 10 heavy (non-hydrogen) atoms. The van der Waals surface area contributed by atoms with Gasteiger partial charge in [0.1, 0.15) is 0 Å². The zero-order valence-corrected chi connectivity index (χ0v) is 6.36. The lowest BCUT2D eigenvalue weighted by molar-refractivity contribution is 0.132. The second kappa shape index (κ2) is 2.51. The van der Waals surface area contributed by atoms with Gasteiger partial charge < -0.3 is 10.1 Å². The predicted octanol–water partition coefficient (Wildman–Crippen LogP) is 0.776. The van der Waals surface area contributed by atoms with Crippen molar-refractivity contribution in [3.05, 3.63) is 0 Å². The second-order valence-electron chi connectivity index (χ2n) is 3.58. The van der Waals surface area contributed by atoms with Crippen LogP contribution in [-0.4, -0.2) is 26.3 Å². The van der Waals surface area contributed by atoms with Crippen molar-refractivity contribution in [2.24, 2.45) is 5.41 Å². The summed E-state index contributed by atoms with van der Waals surface area (Å²) in [7, 11) is 0. The molecule has 1 atom stereocenters. The van der Waals surface area contributed by atoms with Crippen LogP contribution in [0.3, 0.4) is 0 Å². The average Bonchev–Trinajstić information content (AvgIpc) is 2.39. The van der Waals surface area contributed by atoms with Gasteiger partial charge >= 0.3 is 0 Å². The van der Waals surface area contributed by atoms with Gasteiger partial charge in [0.25, 0.3) is 0 Å². The maximum absolute atomic E-state index is 5.40. The van der Waals surface area contributed by atoms with E-state index in [1.54, 1.807) is 0 Å². The Morgan fingerprint density at radius 3 is 2.90 bits per heavy atom. The standard InChI is InChI=1S/C8H15NO/c1-2-8(6-9-4-1)3-5-10-7-8/h9H,1-7H2/t8-/m1/s1. The van der Waals surface area contributed by atoms with Gasteiger partial charge in [0.2, 0.25) is 0 Å². The normalized spacial score (nSPS) is 40.8. The van der Waals surface area contributed by atoms with E-state index in [2.05, 4.69) is 5.32 Å². The molecule has 0 aromatic rings. The third kappa shape index (κ3) is 1.06. The SMILES string of the molecule is C1CNC[C@@]2(C1)CCOC2. The van der Waals surface area contributed by atoms with E-state index in [9.17, 15) is 0 Å². The lowest BCUT2D eigenvalue weighted by Crippen LogP contribution is -2.40. The van der Waals surface area contributed by atoms with Gasteiger partial charge in [-0.3, -0.25) is 0 Å². The van der Waals surface area contributed by atoms with Crippen LogP contribution in [0.25, 0.3) is 0 Å². The highest BCUT2D eigenvalue weighted by molar-refractivity contribution is 4.88. The van der Waals surface area contributed by atoms with E-state index in [0.29, 0.717) is 5.41 Å². The Morgan fingerprint density at radius 2 is 2.30 bits per heavy atom. The minimum atomic E-state index is 0.540. The Hall–Kier alpha value is -0.0800. The van der Waals surface area contributed by atoms with E-state index >= 15 is 0 Å². The first kappa shape index (κ1) is 6.62. The van der Waals surface area contributed by atoms with Gasteiger partial charge in [-0.1, -0.05) is 0 Å². The molecule has 2 aliphatic heterocycles. The lowest BCUT2D eigenvalue weighted by Gasteiger charge is -2.31. The van der Waals surface area contributed by atoms with Crippen molar-refractivity contribution in [3.63, 3.8) is 0 Å². The first-order chi connectivity index (χ1) is 4.91. The van der Waals surface area contributed by atoms with E-state index in [4.69, 9.17) is 4.74 Å². The Kier molecular flexibility index (Phi) is 1.66. The van der Waals surface area contributed by atoms with Crippen molar-refractivity contribution in [1.82, 2.24) is 5.32 Å². The highest BCUT2D eigenvalue weighted by atomic mass is 16.5. The van der Waals surface area contributed by atoms with Crippen LogP contribution in [0.5, 0.6) is 0 Å². The third-order valence-electron chi connectivity index (χ3n) is 2.75. The molecule has 1 N–H and O–H groups in total. The van der Waals surface area contributed by atoms with Gasteiger partial charge in [-0.2, -0.15) is 0 Å². The average molecular weight is 141 g/mol. The number of nitrogens with one attached hydrogen (secondary N) is 1. The molecular formula is C8H15NO. The maximum atomic E-state index is 5.40. The molecule has 0 unspecified atom stereocenters. The van der Waals surface area contributed by atoms with Gasteiger partial charge in [0, 0.05) is 18.6 Å². The van der Waals surface area contributed by atoms with Gasteiger partial charge in [-0.05, 0) is 25.8 Å². The summed E-state index contributed by atoms with van der Waals surface area (Å²) in [6.07, 6.45) is 3.99. The van der Waals surface area contributed by atoms with E-state index in [1.807, 2.05) is 0 Å². The molecule has 2 nitrogen and oxygen atoms in total. The molecule has 2 fully saturated rings. The summed E-state index contributed by atoms with van der Waals surface area (Å²) in [5, 5.41) is 3.44. The van der Waals surface area contributed by atoms with Crippen LogP contribution < -0.4 is 5.32 Å². The summed E-state index contributed by atoms with van der Waals surface area (Å²) < 4.78 is 5.40. The molecule has 0 aromatic carbocycles. The van der Waals surface area contributed by atoms with Crippen LogP contribution in [0.2, 0.25) is 0 Å². The Morgan fingerprint density at radius 1 is 1.30 bits per heavy atom. The number of hydrogen-bond acceptors (Lipinski definition) is 2. The molecule has 58 valence electrons. The van der Waals surface area contributed by atoms with Crippen LogP contribution in [0.4, 0.5) is 0 Å². The molecule has 0 amide bonds. The minimum Gasteiger partial charge on any atom is -0.381 e. The van der Waals surface area contributed by atoms with Gasteiger partial charge in [0.05, 0.1) is 6.61 Å².